The summed E-state index contributed by atoms with van der Waals surface area (Å²) in [6, 6.07) is 4.56. The van der Waals surface area contributed by atoms with Gasteiger partial charge in [-0.05, 0) is 25.0 Å². The highest BCUT2D eigenvalue weighted by Gasteiger charge is 2.24. The number of nitrogens with one attached hydrogen (secondary N) is 1. The molecule has 3 aromatic heterocycles. The Morgan fingerprint density at radius 2 is 1.58 bits per heavy atom. The van der Waals surface area contributed by atoms with E-state index in [1.165, 1.54) is 25.7 Å². The van der Waals surface area contributed by atoms with Crippen LogP contribution in [0.25, 0.3) is 11.2 Å². The highest BCUT2D eigenvalue weighted by Crippen LogP contribution is 2.34. The first-order chi connectivity index (χ1) is 16.3. The normalized spacial score (nSPS) is 20.0. The van der Waals surface area contributed by atoms with Crippen molar-refractivity contribution in [2.24, 2.45) is 0 Å². The van der Waals surface area contributed by atoms with Crippen LogP contribution in [0.1, 0.15) is 31.7 Å². The van der Waals surface area contributed by atoms with Crippen molar-refractivity contribution in [2.45, 2.75) is 31.7 Å². The van der Waals surface area contributed by atoms with Gasteiger partial charge in [-0.1, -0.05) is 12.8 Å². The largest absolute Gasteiger partial charge is 0.378 e. The van der Waals surface area contributed by atoms with Gasteiger partial charge in [-0.15, -0.1) is 0 Å². The van der Waals surface area contributed by atoms with Crippen molar-refractivity contribution in [3.8, 4) is 0 Å². The lowest BCUT2D eigenvalue weighted by Gasteiger charge is -2.28. The first-order valence-corrected chi connectivity index (χ1v) is 12.0. The van der Waals surface area contributed by atoms with E-state index in [4.69, 9.17) is 24.4 Å². The van der Waals surface area contributed by atoms with Crippen molar-refractivity contribution in [2.75, 3.05) is 67.7 Å². The van der Waals surface area contributed by atoms with Crippen molar-refractivity contribution < 1.29 is 9.47 Å². The summed E-state index contributed by atoms with van der Waals surface area (Å²) in [5, 5.41) is 3.47. The molecule has 0 unspecified atom stereocenters. The van der Waals surface area contributed by atoms with Crippen LogP contribution in [0, 0.1) is 0 Å². The minimum absolute atomic E-state index is 0.463. The minimum Gasteiger partial charge on any atom is -0.378 e. The molecule has 174 valence electrons. The molecule has 0 atom stereocenters. The molecule has 6 rings (SSSR count). The Morgan fingerprint density at radius 1 is 0.848 bits per heavy atom. The van der Waals surface area contributed by atoms with Crippen molar-refractivity contribution in [3.63, 3.8) is 0 Å². The van der Waals surface area contributed by atoms with Gasteiger partial charge in [0.1, 0.15) is 5.82 Å². The highest BCUT2D eigenvalue weighted by atomic mass is 16.5. The summed E-state index contributed by atoms with van der Waals surface area (Å²) in [6.07, 6.45) is 8.68. The summed E-state index contributed by atoms with van der Waals surface area (Å²) in [7, 11) is 0. The standard InChI is InChI=1S/C23H30N8O2/c1-2-4-18(3-1)31-16-25-20-21(27-23(28-22(20)31)30-9-13-33-14-10-30)26-17-5-6-19(24-15-17)29-7-11-32-12-8-29/h5-6,15-16,18H,1-4,7-14H2,(H,26,27,28). The molecule has 10 heteroatoms. The van der Waals surface area contributed by atoms with Gasteiger partial charge in [0.25, 0.3) is 0 Å². The van der Waals surface area contributed by atoms with Crippen LogP contribution in [0.5, 0.6) is 0 Å². The minimum atomic E-state index is 0.463. The van der Waals surface area contributed by atoms with Gasteiger partial charge in [-0.25, -0.2) is 9.97 Å². The second-order valence-corrected chi connectivity index (χ2v) is 8.86. The number of nitrogens with zero attached hydrogens (tertiary/aromatic N) is 7. The van der Waals surface area contributed by atoms with E-state index in [0.717, 1.165) is 73.8 Å². The summed E-state index contributed by atoms with van der Waals surface area (Å²) in [4.78, 5) is 23.7. The molecule has 3 aromatic rings. The van der Waals surface area contributed by atoms with E-state index in [2.05, 4.69) is 24.7 Å². The third-order valence-electron chi connectivity index (χ3n) is 6.77. The number of hydrogen-bond acceptors (Lipinski definition) is 9. The van der Waals surface area contributed by atoms with E-state index < -0.39 is 0 Å². The summed E-state index contributed by atoms with van der Waals surface area (Å²) in [6.45, 7) is 6.19. The lowest BCUT2D eigenvalue weighted by Crippen LogP contribution is -2.37. The zero-order chi connectivity index (χ0) is 22.0. The average Bonchev–Trinajstić information content (AvgIpc) is 3.56. The third kappa shape index (κ3) is 4.20. The molecule has 0 bridgehead atoms. The van der Waals surface area contributed by atoms with Crippen LogP contribution in [0.3, 0.4) is 0 Å². The van der Waals surface area contributed by atoms with Crippen LogP contribution in [0.15, 0.2) is 24.7 Å². The number of ether oxygens (including phenoxy) is 2. The molecule has 10 nitrogen and oxygen atoms in total. The topological polar surface area (TPSA) is 93.5 Å². The fourth-order valence-electron chi connectivity index (χ4n) is 4.92. The maximum absolute atomic E-state index is 5.54. The molecule has 1 N–H and O–H groups in total. The van der Waals surface area contributed by atoms with Gasteiger partial charge in [0.2, 0.25) is 5.95 Å². The third-order valence-corrected chi connectivity index (χ3v) is 6.77. The number of anilines is 4. The monoisotopic (exact) mass is 450 g/mol. The Labute approximate surface area is 192 Å². The predicted octanol–water partition coefficient (Wildman–Crippen LogP) is 2.75. The van der Waals surface area contributed by atoms with E-state index in [1.54, 1.807) is 0 Å². The van der Waals surface area contributed by atoms with E-state index in [9.17, 15) is 0 Å². The second kappa shape index (κ2) is 9.11. The molecule has 5 heterocycles. The number of imidazole rings is 1. The lowest BCUT2D eigenvalue weighted by atomic mass is 10.2. The van der Waals surface area contributed by atoms with Crippen molar-refractivity contribution in [1.82, 2.24) is 24.5 Å². The first-order valence-electron chi connectivity index (χ1n) is 12.0. The van der Waals surface area contributed by atoms with Crippen LogP contribution < -0.4 is 15.1 Å². The van der Waals surface area contributed by atoms with Gasteiger partial charge < -0.3 is 29.2 Å². The van der Waals surface area contributed by atoms with Crippen molar-refractivity contribution >= 4 is 34.4 Å². The van der Waals surface area contributed by atoms with Crippen LogP contribution in [-0.2, 0) is 9.47 Å². The molecule has 2 saturated heterocycles. The van der Waals surface area contributed by atoms with E-state index in [0.29, 0.717) is 19.3 Å². The molecule has 3 aliphatic rings. The van der Waals surface area contributed by atoms with Gasteiger partial charge in [0.15, 0.2) is 17.0 Å². The molecule has 0 amide bonds. The average molecular weight is 451 g/mol. The molecular weight excluding hydrogens is 420 g/mol. The molecule has 2 aliphatic heterocycles. The second-order valence-electron chi connectivity index (χ2n) is 8.86. The summed E-state index contributed by atoms with van der Waals surface area (Å²) in [5.74, 6) is 2.42. The predicted molar refractivity (Wildman–Crippen MR) is 126 cm³/mol. The van der Waals surface area contributed by atoms with Crippen molar-refractivity contribution in [1.29, 1.82) is 0 Å². The van der Waals surface area contributed by atoms with Gasteiger partial charge in [0.05, 0.1) is 44.6 Å². The lowest BCUT2D eigenvalue weighted by molar-refractivity contribution is 0.122. The van der Waals surface area contributed by atoms with Crippen LogP contribution in [-0.4, -0.2) is 77.1 Å². The van der Waals surface area contributed by atoms with Gasteiger partial charge in [-0.3, -0.25) is 0 Å². The number of fused-ring (bicyclic) bond motifs is 1. The number of aromatic nitrogens is 5. The number of hydrogen-bond donors (Lipinski definition) is 1. The van der Waals surface area contributed by atoms with Gasteiger partial charge in [-0.2, -0.15) is 9.97 Å². The maximum Gasteiger partial charge on any atom is 0.229 e. The first kappa shape index (κ1) is 20.6. The van der Waals surface area contributed by atoms with Crippen LogP contribution >= 0.6 is 0 Å². The van der Waals surface area contributed by atoms with E-state index in [1.807, 2.05) is 24.7 Å². The zero-order valence-corrected chi connectivity index (χ0v) is 18.8. The number of rotatable bonds is 5. The Kier molecular flexibility index (Phi) is 5.69. The van der Waals surface area contributed by atoms with Crippen LogP contribution in [0.2, 0.25) is 0 Å². The van der Waals surface area contributed by atoms with Crippen LogP contribution in [0.4, 0.5) is 23.3 Å². The smallest absolute Gasteiger partial charge is 0.229 e. The Bertz CT molecular complexity index is 1080. The fraction of sp³-hybridized carbons (Fsp3) is 0.565. The molecule has 0 aromatic carbocycles. The SMILES string of the molecule is c1cc(N2CCOCC2)ncc1Nc1nc(N2CCOCC2)nc2c1ncn2C1CCCC1. The zero-order valence-electron chi connectivity index (χ0n) is 18.8. The summed E-state index contributed by atoms with van der Waals surface area (Å²) >= 11 is 0. The highest BCUT2D eigenvalue weighted by molar-refractivity contribution is 5.86. The molecule has 0 spiro atoms. The maximum atomic E-state index is 5.54. The summed E-state index contributed by atoms with van der Waals surface area (Å²) < 4.78 is 13.2. The summed E-state index contributed by atoms with van der Waals surface area (Å²) in [5.41, 5.74) is 2.59. The fourth-order valence-corrected chi connectivity index (χ4v) is 4.92. The molecule has 1 saturated carbocycles. The number of morpholine rings is 2. The quantitative estimate of drug-likeness (QED) is 0.630. The van der Waals surface area contributed by atoms with Gasteiger partial charge in [0, 0.05) is 32.2 Å². The molecular formula is C23H30N8O2. The molecule has 0 radical (unpaired) electrons. The molecule has 1 aliphatic carbocycles. The van der Waals surface area contributed by atoms with Crippen molar-refractivity contribution in [3.05, 3.63) is 24.7 Å². The molecule has 33 heavy (non-hydrogen) atoms. The Morgan fingerprint density at radius 3 is 2.27 bits per heavy atom. The Balaban J connectivity index is 1.33. The van der Waals surface area contributed by atoms with E-state index in [-0.39, 0.29) is 0 Å². The van der Waals surface area contributed by atoms with E-state index >= 15 is 0 Å². The number of pyridine rings is 1. The molecule has 3 fully saturated rings. The van der Waals surface area contributed by atoms with Gasteiger partial charge >= 0.3 is 0 Å². The Hall–Kier alpha value is -2.98.